The van der Waals surface area contributed by atoms with Gasteiger partial charge in [-0.25, -0.2) is 0 Å². The van der Waals surface area contributed by atoms with Crippen molar-refractivity contribution >= 4 is 0 Å². The van der Waals surface area contributed by atoms with Crippen LogP contribution in [0.25, 0.3) is 0 Å². The molecule has 20 heavy (non-hydrogen) atoms. The number of fused-ring (bicyclic) bond motifs is 5. The van der Waals surface area contributed by atoms with Gasteiger partial charge in [0, 0.05) is 0 Å². The van der Waals surface area contributed by atoms with Gasteiger partial charge in [0.05, 0.1) is 6.10 Å². The van der Waals surface area contributed by atoms with E-state index in [4.69, 9.17) is 0 Å². The Hall–Kier alpha value is -0.0400. The van der Waals surface area contributed by atoms with Crippen molar-refractivity contribution in [1.29, 1.82) is 0 Å². The summed E-state index contributed by atoms with van der Waals surface area (Å²) in [6.07, 6.45) is 13.9. The Kier molecular flexibility index (Phi) is 3.05. The first-order valence-electron chi connectivity index (χ1n) is 9.24. The molecule has 4 fully saturated rings. The monoisotopic (exact) mass is 276 g/mol. The molecule has 4 aliphatic rings. The average Bonchev–Trinajstić information content (AvgIpc) is 2.83. The predicted molar refractivity (Wildman–Crippen MR) is 82.4 cm³/mol. The second-order valence-corrected chi connectivity index (χ2v) is 9.05. The summed E-state index contributed by atoms with van der Waals surface area (Å²) in [4.78, 5) is 0. The summed E-state index contributed by atoms with van der Waals surface area (Å²) in [5.74, 6) is 3.56. The van der Waals surface area contributed by atoms with E-state index in [1.165, 1.54) is 57.8 Å². The standard InChI is InChI=1S/C19H32O/c1-18-10-4-3-6-13(18)8-9-14-15-7-5-11-19(15,2)17(20)12-16(14)18/h13-17,20H,3-12H2,1-2H3. The van der Waals surface area contributed by atoms with Crippen molar-refractivity contribution in [3.63, 3.8) is 0 Å². The molecule has 4 rings (SSSR count). The van der Waals surface area contributed by atoms with Gasteiger partial charge in [-0.15, -0.1) is 0 Å². The maximum absolute atomic E-state index is 10.9. The summed E-state index contributed by atoms with van der Waals surface area (Å²) >= 11 is 0. The number of aliphatic hydroxyl groups excluding tert-OH is 1. The van der Waals surface area contributed by atoms with Crippen LogP contribution in [-0.2, 0) is 0 Å². The van der Waals surface area contributed by atoms with Crippen molar-refractivity contribution in [2.75, 3.05) is 0 Å². The number of aliphatic hydroxyl groups is 1. The molecule has 0 amide bonds. The lowest BCUT2D eigenvalue weighted by Crippen LogP contribution is -2.56. The van der Waals surface area contributed by atoms with Gasteiger partial charge in [-0.3, -0.25) is 0 Å². The molecule has 7 atom stereocenters. The zero-order valence-corrected chi connectivity index (χ0v) is 13.4. The van der Waals surface area contributed by atoms with E-state index in [0.717, 1.165) is 30.1 Å². The van der Waals surface area contributed by atoms with E-state index in [2.05, 4.69) is 13.8 Å². The Morgan fingerprint density at radius 2 is 1.60 bits per heavy atom. The van der Waals surface area contributed by atoms with Gasteiger partial charge in [-0.05, 0) is 79.4 Å². The normalized spacial score (nSPS) is 58.6. The summed E-state index contributed by atoms with van der Waals surface area (Å²) in [5.41, 5.74) is 0.825. The Morgan fingerprint density at radius 1 is 0.800 bits per heavy atom. The fourth-order valence-corrected chi connectivity index (χ4v) is 7.25. The van der Waals surface area contributed by atoms with Crippen molar-refractivity contribution in [2.45, 2.75) is 84.2 Å². The highest BCUT2D eigenvalue weighted by Gasteiger charge is 2.60. The fraction of sp³-hybridized carbons (Fsp3) is 1.00. The molecule has 0 saturated heterocycles. The van der Waals surface area contributed by atoms with Gasteiger partial charge in [0.25, 0.3) is 0 Å². The summed E-state index contributed by atoms with van der Waals surface area (Å²) in [6.45, 7) is 5.00. The third kappa shape index (κ3) is 1.65. The van der Waals surface area contributed by atoms with E-state index in [0.29, 0.717) is 5.41 Å². The van der Waals surface area contributed by atoms with Gasteiger partial charge in [0.1, 0.15) is 0 Å². The minimum atomic E-state index is -0.0197. The summed E-state index contributed by atoms with van der Waals surface area (Å²) < 4.78 is 0. The van der Waals surface area contributed by atoms with Crippen LogP contribution < -0.4 is 0 Å². The van der Waals surface area contributed by atoms with Crippen LogP contribution in [0.3, 0.4) is 0 Å². The van der Waals surface area contributed by atoms with Gasteiger partial charge in [-0.1, -0.05) is 33.1 Å². The molecule has 4 aliphatic carbocycles. The Morgan fingerprint density at radius 3 is 2.45 bits per heavy atom. The van der Waals surface area contributed by atoms with Crippen molar-refractivity contribution in [1.82, 2.24) is 0 Å². The van der Waals surface area contributed by atoms with Crippen LogP contribution in [0, 0.1) is 34.5 Å². The first-order chi connectivity index (χ1) is 9.56. The minimum absolute atomic E-state index is 0.0197. The second-order valence-electron chi connectivity index (χ2n) is 9.05. The first kappa shape index (κ1) is 13.6. The van der Waals surface area contributed by atoms with Crippen LogP contribution in [0.15, 0.2) is 0 Å². The molecule has 0 heterocycles. The highest BCUT2D eigenvalue weighted by atomic mass is 16.3. The molecular weight excluding hydrogens is 244 g/mol. The SMILES string of the molecule is CC12CCCC1C1CCC3CCCCC3(C)C1CC2O. The molecular formula is C19H32O. The van der Waals surface area contributed by atoms with Gasteiger partial charge in [0.15, 0.2) is 0 Å². The first-order valence-corrected chi connectivity index (χ1v) is 9.24. The highest BCUT2D eigenvalue weighted by Crippen LogP contribution is 2.66. The van der Waals surface area contributed by atoms with Crippen molar-refractivity contribution in [3.05, 3.63) is 0 Å². The smallest absolute Gasteiger partial charge is 0.0599 e. The zero-order chi connectivity index (χ0) is 14.0. The van der Waals surface area contributed by atoms with Crippen molar-refractivity contribution in [3.8, 4) is 0 Å². The summed E-state index contributed by atoms with van der Waals surface area (Å²) in [5, 5.41) is 10.9. The molecule has 7 unspecified atom stereocenters. The summed E-state index contributed by atoms with van der Waals surface area (Å²) in [6, 6.07) is 0. The van der Waals surface area contributed by atoms with E-state index < -0.39 is 0 Å². The maximum atomic E-state index is 10.9. The fourth-order valence-electron chi connectivity index (χ4n) is 7.25. The van der Waals surface area contributed by atoms with E-state index >= 15 is 0 Å². The lowest BCUT2D eigenvalue weighted by atomic mass is 9.45. The molecule has 0 spiro atoms. The van der Waals surface area contributed by atoms with Crippen LogP contribution in [0.4, 0.5) is 0 Å². The van der Waals surface area contributed by atoms with Crippen LogP contribution in [0.2, 0.25) is 0 Å². The third-order valence-corrected chi connectivity index (χ3v) is 8.50. The quantitative estimate of drug-likeness (QED) is 0.675. The molecule has 0 aromatic heterocycles. The van der Waals surface area contributed by atoms with E-state index in [1.54, 1.807) is 0 Å². The van der Waals surface area contributed by atoms with Crippen molar-refractivity contribution < 1.29 is 5.11 Å². The topological polar surface area (TPSA) is 20.2 Å². The van der Waals surface area contributed by atoms with Crippen LogP contribution in [0.5, 0.6) is 0 Å². The van der Waals surface area contributed by atoms with Gasteiger partial charge >= 0.3 is 0 Å². The molecule has 0 radical (unpaired) electrons. The van der Waals surface area contributed by atoms with Gasteiger partial charge < -0.3 is 5.11 Å². The molecule has 0 aromatic carbocycles. The van der Waals surface area contributed by atoms with Crippen LogP contribution >= 0.6 is 0 Å². The molecule has 4 saturated carbocycles. The van der Waals surface area contributed by atoms with Crippen LogP contribution in [0.1, 0.15) is 78.1 Å². The average molecular weight is 276 g/mol. The van der Waals surface area contributed by atoms with Crippen molar-refractivity contribution in [2.24, 2.45) is 34.5 Å². The molecule has 0 aliphatic heterocycles. The zero-order valence-electron chi connectivity index (χ0n) is 13.4. The predicted octanol–water partition coefficient (Wildman–Crippen LogP) is 4.78. The molecule has 114 valence electrons. The lowest BCUT2D eigenvalue weighted by Gasteiger charge is -2.61. The number of hydrogen-bond donors (Lipinski definition) is 1. The maximum Gasteiger partial charge on any atom is 0.0599 e. The van der Waals surface area contributed by atoms with Gasteiger partial charge in [0.2, 0.25) is 0 Å². The number of rotatable bonds is 0. The van der Waals surface area contributed by atoms with Crippen LogP contribution in [-0.4, -0.2) is 11.2 Å². The summed E-state index contributed by atoms with van der Waals surface area (Å²) in [7, 11) is 0. The highest BCUT2D eigenvalue weighted by molar-refractivity contribution is 5.09. The lowest BCUT2D eigenvalue weighted by molar-refractivity contribution is -0.152. The van der Waals surface area contributed by atoms with Gasteiger partial charge in [-0.2, -0.15) is 0 Å². The van der Waals surface area contributed by atoms with E-state index in [9.17, 15) is 5.11 Å². The number of hydrogen-bond acceptors (Lipinski definition) is 1. The minimum Gasteiger partial charge on any atom is -0.393 e. The Labute approximate surface area is 124 Å². The molecule has 1 nitrogen and oxygen atoms in total. The Balaban J connectivity index is 1.68. The Bertz CT molecular complexity index is 391. The molecule has 0 bridgehead atoms. The molecule has 1 N–H and O–H groups in total. The molecule has 0 aromatic rings. The van der Waals surface area contributed by atoms with E-state index in [-0.39, 0.29) is 11.5 Å². The largest absolute Gasteiger partial charge is 0.393 e. The van der Waals surface area contributed by atoms with E-state index in [1.807, 2.05) is 0 Å². The third-order valence-electron chi connectivity index (χ3n) is 8.50. The second kappa shape index (κ2) is 4.48. The molecule has 1 heteroatoms.